The van der Waals surface area contributed by atoms with Crippen molar-refractivity contribution in [3.8, 4) is 0 Å². The minimum atomic E-state index is 0.275. The van der Waals surface area contributed by atoms with E-state index in [1.165, 1.54) is 12.8 Å². The van der Waals surface area contributed by atoms with Crippen molar-refractivity contribution in [1.29, 1.82) is 0 Å². The Bertz CT molecular complexity index is 416. The second kappa shape index (κ2) is 3.28. The summed E-state index contributed by atoms with van der Waals surface area (Å²) in [7, 11) is 0. The summed E-state index contributed by atoms with van der Waals surface area (Å²) in [6.45, 7) is 9.95. The molecule has 0 aliphatic heterocycles. The quantitative estimate of drug-likeness (QED) is 0.860. The third-order valence-electron chi connectivity index (χ3n) is 4.88. The van der Waals surface area contributed by atoms with Crippen molar-refractivity contribution in [3.05, 3.63) is 5.82 Å². The van der Waals surface area contributed by atoms with Gasteiger partial charge in [-0.2, -0.15) is 0 Å². The first-order valence-electron chi connectivity index (χ1n) is 6.45. The maximum absolute atomic E-state index is 4.18. The van der Waals surface area contributed by atoms with Crippen LogP contribution in [0.25, 0.3) is 0 Å². The summed E-state index contributed by atoms with van der Waals surface area (Å²) in [6.07, 6.45) is 2.59. The number of hydrogen-bond acceptors (Lipinski definition) is 4. The van der Waals surface area contributed by atoms with E-state index in [1.54, 1.807) is 0 Å². The third kappa shape index (κ3) is 1.59. The molecule has 3 rings (SSSR count). The van der Waals surface area contributed by atoms with Gasteiger partial charge in [-0.3, -0.25) is 0 Å². The summed E-state index contributed by atoms with van der Waals surface area (Å²) in [5.74, 6) is 0.973. The highest BCUT2D eigenvalue weighted by atomic mass is 15.6. The molecule has 1 N–H and O–H groups in total. The summed E-state index contributed by atoms with van der Waals surface area (Å²) in [6, 6.07) is 1.11. The van der Waals surface area contributed by atoms with Crippen molar-refractivity contribution < 1.29 is 0 Å². The molecular formula is C12H21N5. The topological polar surface area (TPSA) is 55.6 Å². The van der Waals surface area contributed by atoms with Crippen molar-refractivity contribution in [2.24, 2.45) is 10.8 Å². The Morgan fingerprint density at radius 2 is 1.88 bits per heavy atom. The van der Waals surface area contributed by atoms with Crippen molar-refractivity contribution in [2.75, 3.05) is 0 Å². The van der Waals surface area contributed by atoms with E-state index in [2.05, 4.69) is 48.5 Å². The van der Waals surface area contributed by atoms with Crippen LogP contribution in [-0.4, -0.2) is 26.2 Å². The molecule has 2 aliphatic carbocycles. The highest BCUT2D eigenvalue weighted by Crippen LogP contribution is 2.71. The van der Waals surface area contributed by atoms with Crippen LogP contribution in [0.1, 0.15) is 52.4 Å². The van der Waals surface area contributed by atoms with Gasteiger partial charge in [-0.15, -0.1) is 5.10 Å². The number of nitrogens with zero attached hydrogens (tertiary/aromatic N) is 4. The highest BCUT2D eigenvalue weighted by molar-refractivity contribution is 5.16. The first-order chi connectivity index (χ1) is 7.94. The predicted molar refractivity (Wildman–Crippen MR) is 64.3 cm³/mol. The van der Waals surface area contributed by atoms with Crippen LogP contribution in [0.4, 0.5) is 0 Å². The van der Waals surface area contributed by atoms with Crippen LogP contribution in [0, 0.1) is 10.8 Å². The Morgan fingerprint density at radius 1 is 1.24 bits per heavy atom. The molecule has 2 aliphatic rings. The van der Waals surface area contributed by atoms with Gasteiger partial charge >= 0.3 is 0 Å². The maximum atomic E-state index is 4.18. The van der Waals surface area contributed by atoms with E-state index in [1.807, 2.05) is 4.68 Å². The summed E-state index contributed by atoms with van der Waals surface area (Å²) in [5.41, 5.74) is 0.549. The fourth-order valence-corrected chi connectivity index (χ4v) is 2.83. The smallest absolute Gasteiger partial charge is 0.165 e. The SMILES string of the molecule is CC1(C)C(n2nnnc2CNC2CC2)C1(C)C. The van der Waals surface area contributed by atoms with E-state index in [0.29, 0.717) is 12.1 Å². The van der Waals surface area contributed by atoms with Gasteiger partial charge in [0.2, 0.25) is 0 Å². The van der Waals surface area contributed by atoms with Crippen LogP contribution in [0.5, 0.6) is 0 Å². The van der Waals surface area contributed by atoms with Crippen LogP contribution >= 0.6 is 0 Å². The molecule has 0 radical (unpaired) electrons. The van der Waals surface area contributed by atoms with E-state index in [9.17, 15) is 0 Å². The molecule has 0 amide bonds. The number of rotatable bonds is 4. The molecule has 1 aromatic rings. The largest absolute Gasteiger partial charge is 0.307 e. The van der Waals surface area contributed by atoms with Gasteiger partial charge < -0.3 is 5.32 Å². The summed E-state index contributed by atoms with van der Waals surface area (Å²) < 4.78 is 2.02. The fourth-order valence-electron chi connectivity index (χ4n) is 2.83. The Kier molecular flexibility index (Phi) is 2.15. The van der Waals surface area contributed by atoms with E-state index in [-0.39, 0.29) is 10.8 Å². The first kappa shape index (κ1) is 11.1. The monoisotopic (exact) mass is 235 g/mol. The zero-order valence-corrected chi connectivity index (χ0v) is 11.1. The number of nitrogens with one attached hydrogen (secondary N) is 1. The molecule has 2 fully saturated rings. The molecule has 17 heavy (non-hydrogen) atoms. The summed E-state index contributed by atoms with van der Waals surface area (Å²) in [5, 5.41) is 15.6. The van der Waals surface area contributed by atoms with Gasteiger partial charge in [-0.05, 0) is 34.1 Å². The van der Waals surface area contributed by atoms with Gasteiger partial charge in [0.25, 0.3) is 0 Å². The van der Waals surface area contributed by atoms with Crippen LogP contribution in [0.15, 0.2) is 0 Å². The summed E-state index contributed by atoms with van der Waals surface area (Å²) >= 11 is 0. The fraction of sp³-hybridized carbons (Fsp3) is 0.917. The zero-order chi connectivity index (χ0) is 12.3. The molecule has 2 saturated carbocycles. The van der Waals surface area contributed by atoms with E-state index in [4.69, 9.17) is 0 Å². The second-order valence-corrected chi connectivity index (χ2v) is 6.54. The van der Waals surface area contributed by atoms with Crippen LogP contribution in [-0.2, 0) is 6.54 Å². The van der Waals surface area contributed by atoms with Gasteiger partial charge in [-0.1, -0.05) is 27.7 Å². The normalized spacial score (nSPS) is 26.1. The van der Waals surface area contributed by atoms with Crippen molar-refractivity contribution in [1.82, 2.24) is 25.5 Å². The lowest BCUT2D eigenvalue weighted by Gasteiger charge is -2.06. The van der Waals surface area contributed by atoms with Crippen LogP contribution in [0.3, 0.4) is 0 Å². The average Bonchev–Trinajstić information content (AvgIpc) is 3.05. The van der Waals surface area contributed by atoms with Crippen LogP contribution in [0.2, 0.25) is 0 Å². The Morgan fingerprint density at radius 3 is 2.41 bits per heavy atom. The molecule has 94 valence electrons. The van der Waals surface area contributed by atoms with E-state index >= 15 is 0 Å². The predicted octanol–water partition coefficient (Wildman–Crippen LogP) is 1.53. The molecule has 1 aromatic heterocycles. The molecule has 0 aromatic carbocycles. The zero-order valence-electron chi connectivity index (χ0n) is 11.1. The molecule has 5 heteroatoms. The van der Waals surface area contributed by atoms with Crippen LogP contribution < -0.4 is 5.32 Å². The average molecular weight is 235 g/mol. The lowest BCUT2D eigenvalue weighted by Crippen LogP contribution is -2.20. The number of hydrogen-bond donors (Lipinski definition) is 1. The minimum Gasteiger partial charge on any atom is -0.307 e. The Labute approximate surface area is 102 Å². The maximum Gasteiger partial charge on any atom is 0.165 e. The lowest BCUT2D eigenvalue weighted by atomic mass is 10.0. The second-order valence-electron chi connectivity index (χ2n) is 6.54. The molecule has 0 unspecified atom stereocenters. The van der Waals surface area contributed by atoms with Gasteiger partial charge in [0.05, 0.1) is 12.6 Å². The molecule has 0 spiro atoms. The van der Waals surface area contributed by atoms with E-state index in [0.717, 1.165) is 12.4 Å². The van der Waals surface area contributed by atoms with Gasteiger partial charge in [0.1, 0.15) is 0 Å². The summed E-state index contributed by atoms with van der Waals surface area (Å²) in [4.78, 5) is 0. The van der Waals surface area contributed by atoms with Crippen molar-refractivity contribution in [3.63, 3.8) is 0 Å². The Hall–Kier alpha value is -0.970. The number of aromatic nitrogens is 4. The minimum absolute atomic E-state index is 0.275. The molecule has 5 nitrogen and oxygen atoms in total. The van der Waals surface area contributed by atoms with Gasteiger partial charge in [-0.25, -0.2) is 4.68 Å². The highest BCUT2D eigenvalue weighted by Gasteiger charge is 2.67. The third-order valence-corrected chi connectivity index (χ3v) is 4.88. The first-order valence-corrected chi connectivity index (χ1v) is 6.45. The molecule has 0 bridgehead atoms. The molecular weight excluding hydrogens is 214 g/mol. The molecule has 0 atom stereocenters. The standard InChI is InChI=1S/C12H21N5/c1-11(2)10(12(11,3)4)17-9(14-15-16-17)7-13-8-5-6-8/h8,10,13H,5-7H2,1-4H3. The molecule has 0 saturated heterocycles. The van der Waals surface area contributed by atoms with E-state index < -0.39 is 0 Å². The van der Waals surface area contributed by atoms with Gasteiger partial charge in [0.15, 0.2) is 5.82 Å². The molecule has 1 heterocycles. The lowest BCUT2D eigenvalue weighted by molar-refractivity contribution is 0.457. The van der Waals surface area contributed by atoms with Crippen molar-refractivity contribution in [2.45, 2.75) is 59.2 Å². The Balaban J connectivity index is 1.77. The van der Waals surface area contributed by atoms with Gasteiger partial charge in [0, 0.05) is 6.04 Å². The van der Waals surface area contributed by atoms with Crippen molar-refractivity contribution >= 4 is 0 Å². The number of tetrazole rings is 1.